The number of carbonyl (C=O) groups excluding carboxylic acids is 1. The Bertz CT molecular complexity index is 1040. The number of aryl methyl sites for hydroxylation is 2. The molecule has 3 aromatic rings. The molecule has 0 saturated heterocycles. The smallest absolute Gasteiger partial charge is 0.273 e. The van der Waals surface area contributed by atoms with Gasteiger partial charge in [-0.2, -0.15) is 0 Å². The van der Waals surface area contributed by atoms with Crippen molar-refractivity contribution in [3.05, 3.63) is 63.8 Å². The van der Waals surface area contributed by atoms with E-state index < -0.39 is 15.9 Å². The van der Waals surface area contributed by atoms with Gasteiger partial charge >= 0.3 is 0 Å². The zero-order valence-electron chi connectivity index (χ0n) is 13.9. The molecule has 0 unspecified atom stereocenters. The van der Waals surface area contributed by atoms with Crippen molar-refractivity contribution in [3.63, 3.8) is 0 Å². The van der Waals surface area contributed by atoms with Crippen molar-refractivity contribution >= 4 is 38.0 Å². The van der Waals surface area contributed by atoms with Gasteiger partial charge in [-0.3, -0.25) is 10.2 Å². The van der Waals surface area contributed by atoms with Gasteiger partial charge < -0.3 is 0 Å². The minimum Gasteiger partial charge on any atom is -0.273 e. The summed E-state index contributed by atoms with van der Waals surface area (Å²) in [5, 5.41) is 1.77. The fourth-order valence-corrected chi connectivity index (χ4v) is 4.43. The number of benzene rings is 2. The van der Waals surface area contributed by atoms with Gasteiger partial charge in [-0.15, -0.1) is 16.2 Å². The molecule has 1 amide bonds. The van der Waals surface area contributed by atoms with Crippen LogP contribution in [0.2, 0.25) is 0 Å². The van der Waals surface area contributed by atoms with Crippen LogP contribution in [0.3, 0.4) is 0 Å². The second-order valence-corrected chi connectivity index (χ2v) is 8.46. The van der Waals surface area contributed by atoms with Crippen LogP contribution in [0.5, 0.6) is 0 Å². The summed E-state index contributed by atoms with van der Waals surface area (Å²) in [6, 6.07) is 14.1. The first-order chi connectivity index (χ1) is 11.9. The number of hydrogen-bond donors (Lipinski definition) is 2. The monoisotopic (exact) mass is 374 g/mol. The zero-order chi connectivity index (χ0) is 18.0. The Morgan fingerprint density at radius 1 is 1.08 bits per heavy atom. The summed E-state index contributed by atoms with van der Waals surface area (Å²) >= 11 is 1.37. The first-order valence-corrected chi connectivity index (χ1v) is 10.1. The molecule has 25 heavy (non-hydrogen) atoms. The van der Waals surface area contributed by atoms with Crippen LogP contribution in [-0.4, -0.2) is 14.3 Å². The highest BCUT2D eigenvalue weighted by Gasteiger charge is 2.17. The van der Waals surface area contributed by atoms with Gasteiger partial charge in [0.2, 0.25) is 0 Å². The molecule has 0 aliphatic heterocycles. The van der Waals surface area contributed by atoms with Crippen molar-refractivity contribution in [1.82, 2.24) is 10.3 Å². The average Bonchev–Trinajstić information content (AvgIpc) is 3.00. The normalized spacial score (nSPS) is 11.6. The van der Waals surface area contributed by atoms with Crippen molar-refractivity contribution in [2.24, 2.45) is 0 Å². The Hall–Kier alpha value is -2.22. The highest BCUT2D eigenvalue weighted by molar-refractivity contribution is 7.89. The highest BCUT2D eigenvalue weighted by atomic mass is 32.2. The molecule has 2 aromatic carbocycles. The van der Waals surface area contributed by atoms with Gasteiger partial charge in [-0.1, -0.05) is 37.3 Å². The molecule has 0 fully saturated rings. The maximum atomic E-state index is 12.4. The Morgan fingerprint density at radius 3 is 2.48 bits per heavy atom. The van der Waals surface area contributed by atoms with Crippen molar-refractivity contribution in [1.29, 1.82) is 0 Å². The Balaban J connectivity index is 1.77. The standard InChI is InChI=1S/C18H18N2O3S2/c1-3-16-12(2)10-17(24-16)18(21)19-20-25(22,23)15-9-8-13-6-4-5-7-14(13)11-15/h4-11,20H,3H2,1-2H3,(H,19,21). The molecule has 5 nitrogen and oxygen atoms in total. The molecule has 0 radical (unpaired) electrons. The van der Waals surface area contributed by atoms with Gasteiger partial charge in [0.05, 0.1) is 9.77 Å². The number of thiophene rings is 1. The molecular formula is C18H18N2O3S2. The van der Waals surface area contributed by atoms with E-state index in [4.69, 9.17) is 0 Å². The van der Waals surface area contributed by atoms with Gasteiger partial charge in [0.25, 0.3) is 15.9 Å². The van der Waals surface area contributed by atoms with Crippen molar-refractivity contribution in [2.75, 3.05) is 0 Å². The van der Waals surface area contributed by atoms with Crippen LogP contribution < -0.4 is 10.3 Å². The van der Waals surface area contributed by atoms with E-state index in [1.165, 1.54) is 17.4 Å². The summed E-state index contributed by atoms with van der Waals surface area (Å²) in [4.78, 5) is 16.0. The zero-order valence-corrected chi connectivity index (χ0v) is 15.5. The first kappa shape index (κ1) is 17.6. The van der Waals surface area contributed by atoms with Crippen molar-refractivity contribution < 1.29 is 13.2 Å². The predicted molar refractivity (Wildman–Crippen MR) is 100 cm³/mol. The van der Waals surface area contributed by atoms with Crippen LogP contribution in [0.1, 0.15) is 27.0 Å². The van der Waals surface area contributed by atoms with E-state index in [2.05, 4.69) is 10.3 Å². The lowest BCUT2D eigenvalue weighted by atomic mass is 10.1. The van der Waals surface area contributed by atoms with Gasteiger partial charge in [-0.25, -0.2) is 8.42 Å². The lowest BCUT2D eigenvalue weighted by Crippen LogP contribution is -2.41. The Morgan fingerprint density at radius 2 is 1.80 bits per heavy atom. The van der Waals surface area contributed by atoms with Crippen molar-refractivity contribution in [2.45, 2.75) is 25.2 Å². The van der Waals surface area contributed by atoms with Crippen LogP contribution in [0.15, 0.2) is 53.4 Å². The largest absolute Gasteiger partial charge is 0.276 e. The van der Waals surface area contributed by atoms with Crippen LogP contribution in [0, 0.1) is 6.92 Å². The number of rotatable bonds is 5. The lowest BCUT2D eigenvalue weighted by molar-refractivity contribution is 0.0949. The van der Waals surface area contributed by atoms with Gasteiger partial charge in [0.15, 0.2) is 0 Å². The molecular weight excluding hydrogens is 356 g/mol. The summed E-state index contributed by atoms with van der Waals surface area (Å²) in [7, 11) is -3.84. The van der Waals surface area contributed by atoms with Gasteiger partial charge in [-0.05, 0) is 47.9 Å². The summed E-state index contributed by atoms with van der Waals surface area (Å²) in [5.74, 6) is -0.461. The van der Waals surface area contributed by atoms with E-state index in [0.717, 1.165) is 27.6 Å². The van der Waals surface area contributed by atoms with Crippen molar-refractivity contribution in [3.8, 4) is 0 Å². The number of carbonyl (C=O) groups is 1. The van der Waals surface area contributed by atoms with E-state index in [1.807, 2.05) is 38.1 Å². The molecule has 1 aromatic heterocycles. The van der Waals surface area contributed by atoms with Crippen LogP contribution >= 0.6 is 11.3 Å². The molecule has 130 valence electrons. The Kier molecular flexibility index (Phi) is 4.89. The van der Waals surface area contributed by atoms with Crippen LogP contribution in [0.25, 0.3) is 10.8 Å². The third-order valence-corrected chi connectivity index (χ3v) is 6.52. The molecule has 3 rings (SSSR count). The summed E-state index contributed by atoms with van der Waals surface area (Å²) < 4.78 is 24.8. The number of hydrazine groups is 1. The average molecular weight is 374 g/mol. The van der Waals surface area contributed by atoms with E-state index in [0.29, 0.717) is 4.88 Å². The summed E-state index contributed by atoms with van der Waals surface area (Å²) in [6.07, 6.45) is 0.840. The third-order valence-electron chi connectivity index (χ3n) is 3.90. The lowest BCUT2D eigenvalue weighted by Gasteiger charge is -2.08. The summed E-state index contributed by atoms with van der Waals surface area (Å²) in [6.45, 7) is 3.95. The van der Waals surface area contributed by atoms with E-state index >= 15 is 0 Å². The molecule has 0 saturated carbocycles. The molecule has 0 aliphatic rings. The number of sulfonamides is 1. The Labute approximate surface area is 150 Å². The number of amides is 1. The first-order valence-electron chi connectivity index (χ1n) is 7.81. The quantitative estimate of drug-likeness (QED) is 0.672. The van der Waals surface area contributed by atoms with Crippen LogP contribution in [-0.2, 0) is 16.4 Å². The molecule has 0 aliphatic carbocycles. The molecule has 1 heterocycles. The molecule has 2 N–H and O–H groups in total. The minimum absolute atomic E-state index is 0.100. The second kappa shape index (κ2) is 6.95. The molecule has 7 heteroatoms. The molecule has 0 spiro atoms. The maximum absolute atomic E-state index is 12.4. The number of hydrogen-bond acceptors (Lipinski definition) is 4. The maximum Gasteiger partial charge on any atom is 0.276 e. The highest BCUT2D eigenvalue weighted by Crippen LogP contribution is 2.22. The van der Waals surface area contributed by atoms with Gasteiger partial charge in [0.1, 0.15) is 0 Å². The molecule has 0 bridgehead atoms. The summed E-state index contributed by atoms with van der Waals surface area (Å²) in [5.41, 5.74) is 3.32. The fraction of sp³-hybridized carbons (Fsp3) is 0.167. The third kappa shape index (κ3) is 3.73. The van der Waals surface area contributed by atoms with Gasteiger partial charge in [0, 0.05) is 4.88 Å². The fourth-order valence-electron chi connectivity index (χ4n) is 2.55. The number of nitrogens with one attached hydrogen (secondary N) is 2. The second-order valence-electron chi connectivity index (χ2n) is 5.64. The predicted octanol–water partition coefficient (Wildman–Crippen LogP) is 3.40. The minimum atomic E-state index is -3.84. The van der Waals surface area contributed by atoms with Crippen LogP contribution in [0.4, 0.5) is 0 Å². The number of fused-ring (bicyclic) bond motifs is 1. The SMILES string of the molecule is CCc1sc(C(=O)NNS(=O)(=O)c2ccc3ccccc3c2)cc1C. The van der Waals surface area contributed by atoms with E-state index in [1.54, 1.807) is 18.2 Å². The van der Waals surface area contributed by atoms with E-state index in [9.17, 15) is 13.2 Å². The van der Waals surface area contributed by atoms with E-state index in [-0.39, 0.29) is 4.90 Å². The molecule has 0 atom stereocenters. The topological polar surface area (TPSA) is 75.3 Å².